The first-order valence-electron chi connectivity index (χ1n) is 4.88. The number of benzene rings is 1. The molecular weight excluding hydrogens is 301 g/mol. The lowest BCUT2D eigenvalue weighted by molar-refractivity contribution is 0.549. The van der Waals surface area contributed by atoms with Crippen LogP contribution in [0.15, 0.2) is 23.6 Å². The first-order valence-corrected chi connectivity index (χ1v) is 6.51. The van der Waals surface area contributed by atoms with Crippen LogP contribution in [0.5, 0.6) is 0 Å². The molecule has 3 N–H and O–H groups in total. The molecule has 1 aromatic heterocycles. The van der Waals surface area contributed by atoms with E-state index in [-0.39, 0.29) is 10.6 Å². The molecule has 2 nitrogen and oxygen atoms in total. The monoisotopic (exact) mass is 308 g/mol. The van der Waals surface area contributed by atoms with Gasteiger partial charge in [-0.05, 0) is 23.6 Å². The summed E-state index contributed by atoms with van der Waals surface area (Å²) >= 11 is 12.8. The lowest BCUT2D eigenvalue weighted by atomic mass is 10.1. The van der Waals surface area contributed by atoms with Gasteiger partial charge in [-0.1, -0.05) is 23.2 Å². The first kappa shape index (κ1) is 13.7. The molecule has 0 radical (unpaired) electrons. The van der Waals surface area contributed by atoms with Gasteiger partial charge in [-0.25, -0.2) is 14.2 Å². The van der Waals surface area contributed by atoms with Gasteiger partial charge in [-0.2, -0.15) is 0 Å². The van der Waals surface area contributed by atoms with E-state index in [1.165, 1.54) is 11.3 Å². The highest BCUT2D eigenvalue weighted by Crippen LogP contribution is 2.34. The lowest BCUT2D eigenvalue weighted by Gasteiger charge is -2.16. The van der Waals surface area contributed by atoms with Crippen LogP contribution in [-0.2, 0) is 0 Å². The summed E-state index contributed by atoms with van der Waals surface area (Å²) in [6.45, 7) is 0. The largest absolute Gasteiger partial charge is 0.271 e. The van der Waals surface area contributed by atoms with Crippen LogP contribution in [0.25, 0.3) is 0 Å². The van der Waals surface area contributed by atoms with Crippen molar-refractivity contribution >= 4 is 34.5 Å². The topological polar surface area (TPSA) is 38.0 Å². The second-order valence-corrected chi connectivity index (χ2v) is 5.28. The predicted molar refractivity (Wildman–Crippen MR) is 69.9 cm³/mol. The summed E-state index contributed by atoms with van der Waals surface area (Å²) in [5, 5.41) is 1.91. The van der Waals surface area contributed by atoms with Gasteiger partial charge in [0.2, 0.25) is 0 Å². The number of thiophene rings is 1. The summed E-state index contributed by atoms with van der Waals surface area (Å²) in [5.74, 6) is 4.05. The summed E-state index contributed by atoms with van der Waals surface area (Å²) in [4.78, 5) is 0.611. The molecule has 18 heavy (non-hydrogen) atoms. The van der Waals surface area contributed by atoms with E-state index in [4.69, 9.17) is 29.0 Å². The minimum absolute atomic E-state index is 0.0590. The molecule has 0 saturated heterocycles. The minimum Gasteiger partial charge on any atom is -0.271 e. The zero-order valence-electron chi connectivity index (χ0n) is 8.88. The normalized spacial score (nSPS) is 12.7. The molecule has 0 amide bonds. The van der Waals surface area contributed by atoms with Crippen LogP contribution in [0, 0.1) is 11.6 Å². The van der Waals surface area contributed by atoms with Crippen LogP contribution in [0.2, 0.25) is 10.0 Å². The summed E-state index contributed by atoms with van der Waals surface area (Å²) in [6.07, 6.45) is 0. The third kappa shape index (κ3) is 2.50. The molecule has 1 heterocycles. The van der Waals surface area contributed by atoms with Crippen LogP contribution >= 0.6 is 34.5 Å². The van der Waals surface area contributed by atoms with E-state index < -0.39 is 17.7 Å². The standard InChI is InChI=1S/C11H8Cl2F2N2S/c12-6-1-2-18-11(6)10(17-16)5-3-9(15)7(13)4-8(5)14/h1-4,10,17H,16H2. The van der Waals surface area contributed by atoms with Gasteiger partial charge in [0, 0.05) is 10.4 Å². The van der Waals surface area contributed by atoms with E-state index in [2.05, 4.69) is 5.43 Å². The Morgan fingerprint density at radius 1 is 1.17 bits per heavy atom. The van der Waals surface area contributed by atoms with Crippen LogP contribution in [0.4, 0.5) is 8.78 Å². The number of hydrogen-bond donors (Lipinski definition) is 2. The average Bonchev–Trinajstić information content (AvgIpc) is 2.73. The van der Waals surface area contributed by atoms with Crippen molar-refractivity contribution < 1.29 is 8.78 Å². The molecule has 0 spiro atoms. The quantitative estimate of drug-likeness (QED) is 0.513. The highest BCUT2D eigenvalue weighted by molar-refractivity contribution is 7.10. The fourth-order valence-corrected chi connectivity index (χ4v) is 2.97. The Kier molecular flexibility index (Phi) is 4.19. The van der Waals surface area contributed by atoms with Crippen molar-refractivity contribution in [2.75, 3.05) is 0 Å². The first-order chi connectivity index (χ1) is 8.54. The van der Waals surface area contributed by atoms with Gasteiger partial charge in [0.15, 0.2) is 0 Å². The van der Waals surface area contributed by atoms with E-state index in [9.17, 15) is 8.78 Å². The van der Waals surface area contributed by atoms with Crippen molar-refractivity contribution in [3.05, 3.63) is 55.7 Å². The molecule has 7 heteroatoms. The van der Waals surface area contributed by atoms with Crippen LogP contribution in [-0.4, -0.2) is 0 Å². The van der Waals surface area contributed by atoms with Crippen LogP contribution in [0.1, 0.15) is 16.5 Å². The van der Waals surface area contributed by atoms with Crippen LogP contribution < -0.4 is 11.3 Å². The van der Waals surface area contributed by atoms with Crippen molar-refractivity contribution in [3.63, 3.8) is 0 Å². The van der Waals surface area contributed by atoms with Gasteiger partial charge in [0.25, 0.3) is 0 Å². The molecular formula is C11H8Cl2F2N2S. The number of rotatable bonds is 3. The fourth-order valence-electron chi connectivity index (χ4n) is 1.58. The Morgan fingerprint density at radius 3 is 2.44 bits per heavy atom. The maximum atomic E-state index is 13.8. The third-order valence-corrected chi connectivity index (χ3v) is 4.14. The number of hydrogen-bond acceptors (Lipinski definition) is 3. The van der Waals surface area contributed by atoms with Gasteiger partial charge in [0.1, 0.15) is 11.6 Å². The number of nitrogens with two attached hydrogens (primary N) is 1. The average molecular weight is 309 g/mol. The fraction of sp³-hybridized carbons (Fsp3) is 0.0909. The molecule has 2 rings (SSSR count). The highest BCUT2D eigenvalue weighted by atomic mass is 35.5. The smallest absolute Gasteiger partial charge is 0.142 e. The van der Waals surface area contributed by atoms with E-state index >= 15 is 0 Å². The zero-order valence-corrected chi connectivity index (χ0v) is 11.2. The summed E-state index contributed by atoms with van der Waals surface area (Å²) < 4.78 is 27.2. The summed E-state index contributed by atoms with van der Waals surface area (Å²) in [7, 11) is 0. The van der Waals surface area contributed by atoms with Gasteiger partial charge >= 0.3 is 0 Å². The number of halogens is 4. The number of nitrogens with one attached hydrogen (secondary N) is 1. The Hall–Kier alpha value is -0.720. The summed E-state index contributed by atoms with van der Waals surface area (Å²) in [5.41, 5.74) is 2.48. The van der Waals surface area contributed by atoms with Crippen LogP contribution in [0.3, 0.4) is 0 Å². The molecule has 96 valence electrons. The second-order valence-electron chi connectivity index (χ2n) is 3.52. The van der Waals surface area contributed by atoms with E-state index in [1.54, 1.807) is 11.4 Å². The molecule has 0 bridgehead atoms. The molecule has 0 fully saturated rings. The molecule has 0 aliphatic heterocycles. The van der Waals surface area contributed by atoms with E-state index in [0.717, 1.165) is 12.1 Å². The van der Waals surface area contributed by atoms with Gasteiger partial charge in [-0.15, -0.1) is 11.3 Å². The third-order valence-electron chi connectivity index (χ3n) is 2.42. The summed E-state index contributed by atoms with van der Waals surface area (Å²) in [6, 6.07) is 2.87. The molecule has 1 atom stereocenters. The SMILES string of the molecule is NNC(c1cc(F)c(Cl)cc1F)c1sccc1Cl. The van der Waals surface area contributed by atoms with Gasteiger partial charge in [-0.3, -0.25) is 5.84 Å². The molecule has 0 aliphatic rings. The van der Waals surface area contributed by atoms with Crippen molar-refractivity contribution in [2.24, 2.45) is 5.84 Å². The highest BCUT2D eigenvalue weighted by Gasteiger charge is 2.22. The number of hydrazine groups is 1. The van der Waals surface area contributed by atoms with Gasteiger partial charge < -0.3 is 0 Å². The van der Waals surface area contributed by atoms with Gasteiger partial charge in [0.05, 0.1) is 16.1 Å². The van der Waals surface area contributed by atoms with E-state index in [1.807, 2.05) is 0 Å². The van der Waals surface area contributed by atoms with E-state index in [0.29, 0.717) is 9.90 Å². The Labute approximate surface area is 116 Å². The molecule has 0 saturated carbocycles. The lowest BCUT2D eigenvalue weighted by Crippen LogP contribution is -2.29. The van der Waals surface area contributed by atoms with Crippen molar-refractivity contribution in [2.45, 2.75) is 6.04 Å². The van der Waals surface area contributed by atoms with Crippen molar-refractivity contribution in [1.82, 2.24) is 5.43 Å². The van der Waals surface area contributed by atoms with Crippen molar-refractivity contribution in [3.8, 4) is 0 Å². The zero-order chi connectivity index (χ0) is 13.3. The second kappa shape index (κ2) is 5.50. The minimum atomic E-state index is -0.718. The molecule has 1 unspecified atom stereocenters. The Morgan fingerprint density at radius 2 is 1.89 bits per heavy atom. The molecule has 0 aliphatic carbocycles. The molecule has 2 aromatic rings. The van der Waals surface area contributed by atoms with Crippen molar-refractivity contribution in [1.29, 1.82) is 0 Å². The molecule has 1 aromatic carbocycles. The Bertz CT molecular complexity index is 574. The Balaban J connectivity index is 2.52. The maximum Gasteiger partial charge on any atom is 0.142 e. The predicted octanol–water partition coefficient (Wildman–Crippen LogP) is 3.89. The maximum absolute atomic E-state index is 13.8.